The second-order valence-corrected chi connectivity index (χ2v) is 4.75. The molecular weight excluding hydrogens is 236 g/mol. The first kappa shape index (κ1) is 12.6. The molecule has 17 heavy (non-hydrogen) atoms. The molecule has 1 fully saturated rings. The van der Waals surface area contributed by atoms with Gasteiger partial charge in [0.1, 0.15) is 0 Å². The van der Waals surface area contributed by atoms with Crippen molar-refractivity contribution < 1.29 is 0 Å². The number of nitrogens with one attached hydrogen (secondary N) is 1. The zero-order chi connectivity index (χ0) is 12.1. The van der Waals surface area contributed by atoms with Gasteiger partial charge in [0.2, 0.25) is 0 Å². The summed E-state index contributed by atoms with van der Waals surface area (Å²) in [6.45, 7) is 6.54. The van der Waals surface area contributed by atoms with Crippen LogP contribution in [0.5, 0.6) is 0 Å². The SMILES string of the molecule is CN(CCN1CCNCC1)c1ccncc1Cl. The van der Waals surface area contributed by atoms with Crippen LogP contribution in [0.4, 0.5) is 5.69 Å². The predicted molar refractivity (Wildman–Crippen MR) is 71.8 cm³/mol. The van der Waals surface area contributed by atoms with Crippen LogP contribution in [-0.2, 0) is 0 Å². The van der Waals surface area contributed by atoms with Crippen molar-refractivity contribution in [2.75, 3.05) is 51.2 Å². The molecule has 1 aromatic heterocycles. The summed E-state index contributed by atoms with van der Waals surface area (Å²) in [6.07, 6.45) is 3.47. The number of hydrogen-bond acceptors (Lipinski definition) is 4. The van der Waals surface area contributed by atoms with E-state index in [4.69, 9.17) is 11.6 Å². The molecular formula is C12H19ClN4. The molecule has 0 saturated carbocycles. The van der Waals surface area contributed by atoms with Crippen LogP contribution in [0.15, 0.2) is 18.5 Å². The standard InChI is InChI=1S/C12H19ClN4/c1-16(12-2-3-15-10-11(12)13)8-9-17-6-4-14-5-7-17/h2-3,10,14H,4-9H2,1H3. The molecule has 0 spiro atoms. The fourth-order valence-electron chi connectivity index (χ4n) is 2.02. The van der Waals surface area contributed by atoms with E-state index in [0.29, 0.717) is 0 Å². The maximum Gasteiger partial charge on any atom is 0.0822 e. The van der Waals surface area contributed by atoms with E-state index in [1.165, 1.54) is 0 Å². The summed E-state index contributed by atoms with van der Waals surface area (Å²) >= 11 is 6.11. The third-order valence-electron chi connectivity index (χ3n) is 3.12. The third kappa shape index (κ3) is 3.56. The molecule has 1 aliphatic rings. The van der Waals surface area contributed by atoms with Crippen molar-refractivity contribution in [3.8, 4) is 0 Å². The molecule has 0 unspecified atom stereocenters. The number of rotatable bonds is 4. The Hall–Kier alpha value is -0.840. The van der Waals surface area contributed by atoms with Gasteiger partial charge in [-0.1, -0.05) is 11.6 Å². The van der Waals surface area contributed by atoms with E-state index in [9.17, 15) is 0 Å². The van der Waals surface area contributed by atoms with Crippen molar-refractivity contribution in [2.24, 2.45) is 0 Å². The second kappa shape index (κ2) is 6.19. The minimum Gasteiger partial charge on any atom is -0.372 e. The van der Waals surface area contributed by atoms with Gasteiger partial charge in [0.05, 0.1) is 10.7 Å². The molecule has 5 heteroatoms. The summed E-state index contributed by atoms with van der Waals surface area (Å²) in [5.74, 6) is 0. The van der Waals surface area contributed by atoms with Crippen LogP contribution in [0, 0.1) is 0 Å². The normalized spacial score (nSPS) is 17.1. The molecule has 0 aromatic carbocycles. The maximum atomic E-state index is 6.11. The van der Waals surface area contributed by atoms with Crippen molar-refractivity contribution in [3.63, 3.8) is 0 Å². The van der Waals surface area contributed by atoms with Crippen LogP contribution in [-0.4, -0.2) is 56.2 Å². The van der Waals surface area contributed by atoms with Crippen LogP contribution in [0.3, 0.4) is 0 Å². The van der Waals surface area contributed by atoms with Gasteiger partial charge in [-0.2, -0.15) is 0 Å². The average molecular weight is 255 g/mol. The van der Waals surface area contributed by atoms with Crippen molar-refractivity contribution in [1.29, 1.82) is 0 Å². The predicted octanol–water partition coefficient (Wildman–Crippen LogP) is 1.08. The Morgan fingerprint density at radius 1 is 1.47 bits per heavy atom. The highest BCUT2D eigenvalue weighted by molar-refractivity contribution is 6.33. The van der Waals surface area contributed by atoms with Gasteiger partial charge in [-0.25, -0.2) is 0 Å². The number of piperazine rings is 1. The summed E-state index contributed by atoms with van der Waals surface area (Å²) in [5, 5.41) is 4.08. The summed E-state index contributed by atoms with van der Waals surface area (Å²) in [5.41, 5.74) is 1.05. The van der Waals surface area contributed by atoms with Gasteiger partial charge in [0.15, 0.2) is 0 Å². The molecule has 0 aliphatic carbocycles. The number of anilines is 1. The van der Waals surface area contributed by atoms with Crippen LogP contribution in [0.1, 0.15) is 0 Å². The minimum atomic E-state index is 0.718. The molecule has 1 aliphatic heterocycles. The Balaban J connectivity index is 1.84. The van der Waals surface area contributed by atoms with E-state index >= 15 is 0 Å². The van der Waals surface area contributed by atoms with E-state index in [0.717, 1.165) is 50.0 Å². The average Bonchev–Trinajstić information content (AvgIpc) is 2.38. The third-order valence-corrected chi connectivity index (χ3v) is 3.41. The van der Waals surface area contributed by atoms with Gasteiger partial charge in [-0.15, -0.1) is 0 Å². The lowest BCUT2D eigenvalue weighted by Crippen LogP contribution is -2.46. The van der Waals surface area contributed by atoms with Crippen LogP contribution >= 0.6 is 11.6 Å². The highest BCUT2D eigenvalue weighted by Crippen LogP contribution is 2.22. The smallest absolute Gasteiger partial charge is 0.0822 e. The van der Waals surface area contributed by atoms with Crippen molar-refractivity contribution in [3.05, 3.63) is 23.5 Å². The lowest BCUT2D eigenvalue weighted by Gasteiger charge is -2.29. The van der Waals surface area contributed by atoms with E-state index in [1.54, 1.807) is 12.4 Å². The number of nitrogens with zero attached hydrogens (tertiary/aromatic N) is 3. The number of pyridine rings is 1. The number of likely N-dealkylation sites (N-methyl/N-ethyl adjacent to an activating group) is 1. The van der Waals surface area contributed by atoms with Gasteiger partial charge in [-0.3, -0.25) is 9.88 Å². The lowest BCUT2D eigenvalue weighted by atomic mass is 10.3. The second-order valence-electron chi connectivity index (χ2n) is 4.34. The Labute approximate surface area is 108 Å². The highest BCUT2D eigenvalue weighted by atomic mass is 35.5. The van der Waals surface area contributed by atoms with Gasteiger partial charge >= 0.3 is 0 Å². The van der Waals surface area contributed by atoms with Crippen LogP contribution in [0.2, 0.25) is 5.02 Å². The lowest BCUT2D eigenvalue weighted by molar-refractivity contribution is 0.246. The molecule has 1 aromatic rings. The van der Waals surface area contributed by atoms with E-state index < -0.39 is 0 Å². The zero-order valence-electron chi connectivity index (χ0n) is 10.2. The molecule has 1 N–H and O–H groups in total. The van der Waals surface area contributed by atoms with Gasteiger partial charge in [-0.05, 0) is 6.07 Å². The molecule has 0 atom stereocenters. The topological polar surface area (TPSA) is 31.4 Å². The Bertz CT molecular complexity index is 352. The number of hydrogen-bond donors (Lipinski definition) is 1. The van der Waals surface area contributed by atoms with Crippen molar-refractivity contribution in [2.45, 2.75) is 0 Å². The Morgan fingerprint density at radius 3 is 2.94 bits per heavy atom. The van der Waals surface area contributed by atoms with Crippen LogP contribution in [0.25, 0.3) is 0 Å². The largest absolute Gasteiger partial charge is 0.372 e. The minimum absolute atomic E-state index is 0.718. The first-order valence-electron chi connectivity index (χ1n) is 6.01. The van der Waals surface area contributed by atoms with Crippen molar-refractivity contribution in [1.82, 2.24) is 15.2 Å². The molecule has 0 amide bonds. The molecule has 2 rings (SSSR count). The fourth-order valence-corrected chi connectivity index (χ4v) is 2.29. The Morgan fingerprint density at radius 2 is 2.24 bits per heavy atom. The summed E-state index contributed by atoms with van der Waals surface area (Å²) in [6, 6.07) is 1.96. The Kier molecular flexibility index (Phi) is 4.59. The van der Waals surface area contributed by atoms with Gasteiger partial charge < -0.3 is 10.2 Å². The van der Waals surface area contributed by atoms with E-state index in [1.807, 2.05) is 6.07 Å². The van der Waals surface area contributed by atoms with Gasteiger partial charge in [0.25, 0.3) is 0 Å². The molecule has 4 nitrogen and oxygen atoms in total. The first-order valence-corrected chi connectivity index (χ1v) is 6.39. The van der Waals surface area contributed by atoms with E-state index in [-0.39, 0.29) is 0 Å². The van der Waals surface area contributed by atoms with Gasteiger partial charge in [0, 0.05) is 58.7 Å². The summed E-state index contributed by atoms with van der Waals surface area (Å²) < 4.78 is 0. The highest BCUT2D eigenvalue weighted by Gasteiger charge is 2.11. The number of aromatic nitrogens is 1. The summed E-state index contributed by atoms with van der Waals surface area (Å²) in [7, 11) is 2.07. The quantitative estimate of drug-likeness (QED) is 0.871. The van der Waals surface area contributed by atoms with Crippen molar-refractivity contribution >= 4 is 17.3 Å². The molecule has 94 valence electrons. The molecule has 1 saturated heterocycles. The number of halogens is 1. The summed E-state index contributed by atoms with van der Waals surface area (Å²) in [4.78, 5) is 8.66. The molecule has 0 radical (unpaired) electrons. The maximum absolute atomic E-state index is 6.11. The first-order chi connectivity index (χ1) is 8.27. The van der Waals surface area contributed by atoms with E-state index in [2.05, 4.69) is 27.1 Å². The fraction of sp³-hybridized carbons (Fsp3) is 0.583. The molecule has 0 bridgehead atoms. The monoisotopic (exact) mass is 254 g/mol. The molecule has 2 heterocycles. The zero-order valence-corrected chi connectivity index (χ0v) is 11.0. The van der Waals surface area contributed by atoms with Crippen LogP contribution < -0.4 is 10.2 Å².